The lowest BCUT2D eigenvalue weighted by Gasteiger charge is -2.20. The van der Waals surface area contributed by atoms with Crippen LogP contribution in [0.1, 0.15) is 45.3 Å². The van der Waals surface area contributed by atoms with Gasteiger partial charge in [0.2, 0.25) is 0 Å². The van der Waals surface area contributed by atoms with E-state index in [2.05, 4.69) is 10.3 Å². The highest BCUT2D eigenvalue weighted by Gasteiger charge is 2.25. The van der Waals surface area contributed by atoms with Crippen LogP contribution in [-0.2, 0) is 12.8 Å². The summed E-state index contributed by atoms with van der Waals surface area (Å²) in [7, 11) is 0. The maximum absolute atomic E-state index is 12.3. The maximum atomic E-state index is 12.3. The van der Waals surface area contributed by atoms with E-state index in [-0.39, 0.29) is 17.3 Å². The zero-order chi connectivity index (χ0) is 17.1. The van der Waals surface area contributed by atoms with Crippen molar-refractivity contribution in [3.63, 3.8) is 0 Å². The number of rotatable bonds is 4. The summed E-state index contributed by atoms with van der Waals surface area (Å²) in [5.41, 5.74) is 1.80. The predicted molar refractivity (Wildman–Crippen MR) is 91.4 cm³/mol. The molecule has 0 saturated carbocycles. The summed E-state index contributed by atoms with van der Waals surface area (Å²) in [6, 6.07) is 11.2. The van der Waals surface area contributed by atoms with Crippen molar-refractivity contribution in [1.29, 1.82) is 0 Å². The number of ketones is 1. The molecule has 1 atom stereocenters. The van der Waals surface area contributed by atoms with E-state index < -0.39 is 11.5 Å². The van der Waals surface area contributed by atoms with Crippen LogP contribution in [0.5, 0.6) is 0 Å². The van der Waals surface area contributed by atoms with Gasteiger partial charge in [0.1, 0.15) is 5.56 Å². The number of hydrogen-bond donors (Lipinski definition) is 2. The SMILES string of the molecule is CC1CC(=O)c2cc(C(=O)NCCc3ccccc3)c(=O)[nH]c2C1. The third kappa shape index (κ3) is 3.45. The molecule has 3 rings (SSSR count). The van der Waals surface area contributed by atoms with Gasteiger partial charge in [-0.05, 0) is 30.4 Å². The minimum atomic E-state index is -0.443. The van der Waals surface area contributed by atoms with Gasteiger partial charge < -0.3 is 10.3 Å². The summed E-state index contributed by atoms with van der Waals surface area (Å²) >= 11 is 0. The van der Waals surface area contributed by atoms with Gasteiger partial charge in [-0.15, -0.1) is 0 Å². The van der Waals surface area contributed by atoms with Crippen molar-refractivity contribution in [2.24, 2.45) is 5.92 Å². The number of carbonyl (C=O) groups excluding carboxylic acids is 2. The third-order valence-corrected chi connectivity index (χ3v) is 4.30. The zero-order valence-electron chi connectivity index (χ0n) is 13.6. The number of pyridine rings is 1. The first kappa shape index (κ1) is 16.2. The molecule has 2 N–H and O–H groups in total. The Bertz CT molecular complexity index is 824. The monoisotopic (exact) mass is 324 g/mol. The van der Waals surface area contributed by atoms with E-state index in [0.717, 1.165) is 5.56 Å². The van der Waals surface area contributed by atoms with E-state index in [0.29, 0.717) is 37.1 Å². The lowest BCUT2D eigenvalue weighted by molar-refractivity contribution is 0.0951. The van der Waals surface area contributed by atoms with Crippen LogP contribution in [0.4, 0.5) is 0 Å². The molecule has 1 aliphatic carbocycles. The predicted octanol–water partition coefficient (Wildman–Crippen LogP) is 2.11. The molecule has 1 aliphatic rings. The largest absolute Gasteiger partial charge is 0.352 e. The zero-order valence-corrected chi connectivity index (χ0v) is 13.6. The molecule has 5 heteroatoms. The highest BCUT2D eigenvalue weighted by atomic mass is 16.2. The summed E-state index contributed by atoms with van der Waals surface area (Å²) in [6.45, 7) is 2.41. The smallest absolute Gasteiger partial charge is 0.261 e. The Morgan fingerprint density at radius 1 is 1.21 bits per heavy atom. The fraction of sp³-hybridized carbons (Fsp3) is 0.316. The summed E-state index contributed by atoms with van der Waals surface area (Å²) in [4.78, 5) is 39.3. The van der Waals surface area contributed by atoms with Gasteiger partial charge in [0.05, 0.1) is 0 Å². The van der Waals surface area contributed by atoms with Crippen molar-refractivity contribution in [1.82, 2.24) is 10.3 Å². The van der Waals surface area contributed by atoms with Gasteiger partial charge in [-0.2, -0.15) is 0 Å². The van der Waals surface area contributed by atoms with Crippen LogP contribution in [0.2, 0.25) is 0 Å². The van der Waals surface area contributed by atoms with Crippen molar-refractivity contribution in [3.05, 3.63) is 69.1 Å². The van der Waals surface area contributed by atoms with Crippen molar-refractivity contribution >= 4 is 11.7 Å². The molecule has 0 saturated heterocycles. The minimum Gasteiger partial charge on any atom is -0.352 e. The second kappa shape index (κ2) is 6.83. The molecular formula is C19H20N2O3. The Morgan fingerprint density at radius 2 is 1.96 bits per heavy atom. The highest BCUT2D eigenvalue weighted by molar-refractivity contribution is 6.01. The number of carbonyl (C=O) groups is 2. The quantitative estimate of drug-likeness (QED) is 0.904. The molecule has 1 amide bonds. The fourth-order valence-corrected chi connectivity index (χ4v) is 3.05. The number of benzene rings is 1. The lowest BCUT2D eigenvalue weighted by atomic mass is 9.86. The molecule has 1 unspecified atom stereocenters. The summed E-state index contributed by atoms with van der Waals surface area (Å²) < 4.78 is 0. The highest BCUT2D eigenvalue weighted by Crippen LogP contribution is 2.23. The Balaban J connectivity index is 1.72. The average molecular weight is 324 g/mol. The molecule has 1 heterocycles. The number of Topliss-reactive ketones (excluding diaryl/α,β-unsaturated/α-hetero) is 1. The Labute approximate surface area is 140 Å². The van der Waals surface area contributed by atoms with Crippen LogP contribution in [0.15, 0.2) is 41.2 Å². The van der Waals surface area contributed by atoms with Gasteiger partial charge in [0.15, 0.2) is 5.78 Å². The normalized spacial score (nSPS) is 16.5. The van der Waals surface area contributed by atoms with Crippen LogP contribution in [0, 0.1) is 5.92 Å². The Hall–Kier alpha value is -2.69. The number of amides is 1. The number of H-pyrrole nitrogens is 1. The molecule has 1 aromatic carbocycles. The number of hydrogen-bond acceptors (Lipinski definition) is 3. The van der Waals surface area contributed by atoms with E-state index in [4.69, 9.17) is 0 Å². The fourth-order valence-electron chi connectivity index (χ4n) is 3.05. The topological polar surface area (TPSA) is 79.0 Å². The standard InChI is InChI=1S/C19H20N2O3/c1-12-9-16-14(17(22)10-12)11-15(19(24)21-16)18(23)20-8-7-13-5-3-2-4-6-13/h2-6,11-12H,7-10H2,1H3,(H,20,23)(H,21,24). The van der Waals surface area contributed by atoms with Gasteiger partial charge in [-0.3, -0.25) is 14.4 Å². The molecule has 0 fully saturated rings. The summed E-state index contributed by atoms with van der Waals surface area (Å²) in [6.07, 6.45) is 1.80. The summed E-state index contributed by atoms with van der Waals surface area (Å²) in [5, 5.41) is 2.75. The number of nitrogens with one attached hydrogen (secondary N) is 2. The maximum Gasteiger partial charge on any atom is 0.261 e. The molecule has 5 nitrogen and oxygen atoms in total. The molecule has 0 spiro atoms. The molecule has 0 radical (unpaired) electrons. The average Bonchev–Trinajstić information content (AvgIpc) is 2.55. The van der Waals surface area contributed by atoms with Gasteiger partial charge in [-0.25, -0.2) is 0 Å². The second-order valence-electron chi connectivity index (χ2n) is 6.33. The first-order valence-electron chi connectivity index (χ1n) is 8.16. The van der Waals surface area contributed by atoms with Crippen LogP contribution in [-0.4, -0.2) is 23.2 Å². The van der Waals surface area contributed by atoms with Gasteiger partial charge >= 0.3 is 0 Å². The first-order chi connectivity index (χ1) is 11.5. The van der Waals surface area contributed by atoms with Gasteiger partial charge in [-0.1, -0.05) is 37.3 Å². The van der Waals surface area contributed by atoms with Crippen molar-refractivity contribution in [2.45, 2.75) is 26.2 Å². The number of fused-ring (bicyclic) bond motifs is 1. The van der Waals surface area contributed by atoms with E-state index in [1.807, 2.05) is 37.3 Å². The van der Waals surface area contributed by atoms with Crippen molar-refractivity contribution in [2.75, 3.05) is 6.54 Å². The summed E-state index contributed by atoms with van der Waals surface area (Å²) in [5.74, 6) is -0.245. The number of aromatic amines is 1. The van der Waals surface area contributed by atoms with Crippen LogP contribution >= 0.6 is 0 Å². The van der Waals surface area contributed by atoms with Gasteiger partial charge in [0, 0.05) is 24.2 Å². The minimum absolute atomic E-state index is 0.00437. The van der Waals surface area contributed by atoms with E-state index in [1.165, 1.54) is 6.07 Å². The Morgan fingerprint density at radius 3 is 2.71 bits per heavy atom. The molecule has 2 aromatic rings. The third-order valence-electron chi connectivity index (χ3n) is 4.30. The van der Waals surface area contributed by atoms with Crippen molar-refractivity contribution in [3.8, 4) is 0 Å². The first-order valence-corrected chi connectivity index (χ1v) is 8.16. The molecule has 124 valence electrons. The van der Waals surface area contributed by atoms with E-state index in [9.17, 15) is 14.4 Å². The van der Waals surface area contributed by atoms with Crippen LogP contribution in [0.3, 0.4) is 0 Å². The Kier molecular flexibility index (Phi) is 4.60. The molecule has 24 heavy (non-hydrogen) atoms. The van der Waals surface area contributed by atoms with Crippen molar-refractivity contribution < 1.29 is 9.59 Å². The molecule has 0 aliphatic heterocycles. The lowest BCUT2D eigenvalue weighted by Crippen LogP contribution is -2.33. The molecule has 1 aromatic heterocycles. The van der Waals surface area contributed by atoms with Crippen LogP contribution in [0.25, 0.3) is 0 Å². The second-order valence-corrected chi connectivity index (χ2v) is 6.33. The van der Waals surface area contributed by atoms with E-state index in [1.54, 1.807) is 0 Å². The molecule has 0 bridgehead atoms. The number of aromatic nitrogens is 1. The van der Waals surface area contributed by atoms with Gasteiger partial charge in [0.25, 0.3) is 11.5 Å². The van der Waals surface area contributed by atoms with E-state index >= 15 is 0 Å². The van der Waals surface area contributed by atoms with Crippen LogP contribution < -0.4 is 10.9 Å². The molecular weight excluding hydrogens is 304 g/mol.